The van der Waals surface area contributed by atoms with Crippen LogP contribution in [0.15, 0.2) is 24.3 Å². The van der Waals surface area contributed by atoms with Crippen molar-refractivity contribution in [2.24, 2.45) is 5.92 Å². The zero-order chi connectivity index (χ0) is 19.8. The summed E-state index contributed by atoms with van der Waals surface area (Å²) in [4.78, 5) is 38.0. The second-order valence-electron chi connectivity index (χ2n) is 6.94. The lowest BCUT2D eigenvalue weighted by atomic mass is 9.94. The molecule has 1 aliphatic heterocycles. The summed E-state index contributed by atoms with van der Waals surface area (Å²) in [5.74, 6) is -2.56. The van der Waals surface area contributed by atoms with E-state index in [1.807, 2.05) is 24.3 Å². The Labute approximate surface area is 160 Å². The summed E-state index contributed by atoms with van der Waals surface area (Å²) in [5.41, 5.74) is 1.66. The minimum Gasteiger partial charge on any atom is -0.481 e. The summed E-state index contributed by atoms with van der Waals surface area (Å²) < 4.78 is 0. The molecule has 0 bridgehead atoms. The summed E-state index contributed by atoms with van der Waals surface area (Å²) in [7, 11) is 1.53. The Hall–Kier alpha value is -2.57. The van der Waals surface area contributed by atoms with Crippen LogP contribution in [0.1, 0.15) is 44.6 Å². The van der Waals surface area contributed by atoms with Crippen molar-refractivity contribution in [2.45, 2.75) is 51.5 Å². The molecule has 1 heterocycles. The van der Waals surface area contributed by atoms with Crippen molar-refractivity contribution in [3.05, 3.63) is 29.8 Å². The van der Waals surface area contributed by atoms with E-state index in [1.54, 1.807) is 0 Å². The third kappa shape index (κ3) is 5.45. The predicted molar refractivity (Wildman–Crippen MR) is 104 cm³/mol. The number of nitrogens with one attached hydrogen (secondary N) is 2. The fraction of sp³-hybridized carbons (Fsp3) is 0.550. The number of benzene rings is 1. The topological polar surface area (TPSA) is 98.7 Å². The Bertz CT molecular complexity index is 677. The number of rotatable bonds is 8. The molecule has 7 heteroatoms. The van der Waals surface area contributed by atoms with Gasteiger partial charge in [0, 0.05) is 19.3 Å². The fourth-order valence-corrected chi connectivity index (χ4v) is 3.47. The fourth-order valence-electron chi connectivity index (χ4n) is 3.47. The Kier molecular flexibility index (Phi) is 7.64. The molecule has 0 spiro atoms. The number of amides is 3. The molecule has 1 aromatic carbocycles. The molecule has 7 nitrogen and oxygen atoms in total. The van der Waals surface area contributed by atoms with Gasteiger partial charge in [0.1, 0.15) is 5.92 Å². The number of nitrogens with zero attached hydrogens (tertiary/aromatic N) is 1. The van der Waals surface area contributed by atoms with Crippen molar-refractivity contribution in [3.63, 3.8) is 0 Å². The predicted octanol–water partition coefficient (Wildman–Crippen LogP) is 2.54. The number of anilines is 1. The molecule has 1 aliphatic rings. The molecule has 0 saturated heterocycles. The first-order chi connectivity index (χ1) is 13.0. The van der Waals surface area contributed by atoms with Gasteiger partial charge in [0.2, 0.25) is 5.91 Å². The van der Waals surface area contributed by atoms with E-state index in [0.29, 0.717) is 19.3 Å². The van der Waals surface area contributed by atoms with Gasteiger partial charge in [-0.1, -0.05) is 50.8 Å². The molecule has 2 unspecified atom stereocenters. The van der Waals surface area contributed by atoms with E-state index < -0.39 is 17.8 Å². The third-order valence-corrected chi connectivity index (χ3v) is 4.92. The van der Waals surface area contributed by atoms with Crippen LogP contribution in [0, 0.1) is 5.92 Å². The van der Waals surface area contributed by atoms with Crippen LogP contribution in [-0.2, 0) is 16.0 Å². The highest BCUT2D eigenvalue weighted by Crippen LogP contribution is 2.29. The van der Waals surface area contributed by atoms with Gasteiger partial charge in [0.25, 0.3) is 0 Å². The highest BCUT2D eigenvalue weighted by molar-refractivity contribution is 6.06. The number of carbonyl (C=O) groups is 3. The smallest absolute Gasteiger partial charge is 0.316 e. The molecule has 27 heavy (non-hydrogen) atoms. The number of hydrogen-bond donors (Lipinski definition) is 3. The number of fused-ring (bicyclic) bond motifs is 1. The van der Waals surface area contributed by atoms with Crippen LogP contribution in [0.25, 0.3) is 0 Å². The van der Waals surface area contributed by atoms with Crippen LogP contribution >= 0.6 is 0 Å². The van der Waals surface area contributed by atoms with Gasteiger partial charge in [0.15, 0.2) is 0 Å². The number of carboxylic acid groups (broad SMARTS) is 1. The quantitative estimate of drug-likeness (QED) is 0.480. The van der Waals surface area contributed by atoms with Crippen LogP contribution in [0.3, 0.4) is 0 Å². The van der Waals surface area contributed by atoms with E-state index in [4.69, 9.17) is 0 Å². The van der Waals surface area contributed by atoms with Crippen molar-refractivity contribution in [3.8, 4) is 0 Å². The van der Waals surface area contributed by atoms with E-state index in [0.717, 1.165) is 30.5 Å². The molecule has 1 aromatic rings. The molecule has 2 rings (SSSR count). The summed E-state index contributed by atoms with van der Waals surface area (Å²) in [6.45, 7) is 2.35. The van der Waals surface area contributed by atoms with Crippen molar-refractivity contribution >= 4 is 23.6 Å². The van der Waals surface area contributed by atoms with E-state index in [9.17, 15) is 19.5 Å². The van der Waals surface area contributed by atoms with Gasteiger partial charge < -0.3 is 20.6 Å². The normalized spacial score (nSPS) is 17.0. The Morgan fingerprint density at radius 2 is 1.96 bits per heavy atom. The maximum atomic E-state index is 13.1. The van der Waals surface area contributed by atoms with Gasteiger partial charge in [0.05, 0.1) is 6.04 Å². The van der Waals surface area contributed by atoms with E-state index in [2.05, 4.69) is 17.6 Å². The van der Waals surface area contributed by atoms with Gasteiger partial charge in [-0.05, 0) is 24.5 Å². The first-order valence-electron chi connectivity index (χ1n) is 9.58. The first-order valence-corrected chi connectivity index (χ1v) is 9.58. The molecular formula is C20H29N3O4. The van der Waals surface area contributed by atoms with Gasteiger partial charge in [-0.15, -0.1) is 0 Å². The Morgan fingerprint density at radius 3 is 2.63 bits per heavy atom. The van der Waals surface area contributed by atoms with Crippen molar-refractivity contribution in [1.29, 1.82) is 0 Å². The zero-order valence-corrected chi connectivity index (χ0v) is 16.0. The summed E-state index contributed by atoms with van der Waals surface area (Å²) in [5, 5.41) is 14.9. The zero-order valence-electron chi connectivity index (χ0n) is 16.0. The van der Waals surface area contributed by atoms with Crippen LogP contribution in [0.2, 0.25) is 0 Å². The highest BCUT2D eigenvalue weighted by Gasteiger charge is 2.35. The Morgan fingerprint density at radius 1 is 1.22 bits per heavy atom. The lowest BCUT2D eigenvalue weighted by Gasteiger charge is -2.36. The molecular weight excluding hydrogens is 346 g/mol. The maximum Gasteiger partial charge on any atom is 0.316 e. The lowest BCUT2D eigenvalue weighted by molar-refractivity contribution is -0.146. The monoisotopic (exact) mass is 375 g/mol. The molecule has 0 fully saturated rings. The lowest BCUT2D eigenvalue weighted by Crippen LogP contribution is -2.53. The molecule has 0 aromatic heterocycles. The molecule has 2 atom stereocenters. The summed E-state index contributed by atoms with van der Waals surface area (Å²) in [6.07, 6.45) is 4.65. The number of aliphatic carboxylic acids is 1. The first kappa shape index (κ1) is 20.7. The molecule has 148 valence electrons. The molecule has 0 radical (unpaired) electrons. The number of unbranched alkanes of at least 4 members (excludes halogenated alkanes) is 3. The second-order valence-corrected chi connectivity index (χ2v) is 6.94. The highest BCUT2D eigenvalue weighted by atomic mass is 16.4. The number of urea groups is 1. The van der Waals surface area contributed by atoms with E-state index >= 15 is 0 Å². The van der Waals surface area contributed by atoms with Crippen LogP contribution in [0.4, 0.5) is 10.5 Å². The van der Waals surface area contributed by atoms with Gasteiger partial charge in [-0.25, -0.2) is 4.79 Å². The van der Waals surface area contributed by atoms with Gasteiger partial charge in [-0.2, -0.15) is 0 Å². The summed E-state index contributed by atoms with van der Waals surface area (Å²) >= 11 is 0. The molecule has 3 N–H and O–H groups in total. The van der Waals surface area contributed by atoms with E-state index in [1.165, 1.54) is 11.9 Å². The van der Waals surface area contributed by atoms with Crippen LogP contribution in [0.5, 0.6) is 0 Å². The van der Waals surface area contributed by atoms with Crippen LogP contribution < -0.4 is 15.5 Å². The van der Waals surface area contributed by atoms with Crippen LogP contribution in [-0.4, -0.2) is 42.6 Å². The SMILES string of the molecule is CCCCCCC(C(=O)O)C(=O)N1CC(NC(=O)NC)Cc2ccccc21. The molecule has 3 amide bonds. The number of carbonyl (C=O) groups excluding carboxylic acids is 2. The largest absolute Gasteiger partial charge is 0.481 e. The number of para-hydroxylation sites is 1. The summed E-state index contributed by atoms with van der Waals surface area (Å²) in [6, 6.07) is 6.87. The van der Waals surface area contributed by atoms with Crippen molar-refractivity contribution in [2.75, 3.05) is 18.5 Å². The minimum absolute atomic E-state index is 0.265. The molecule has 0 saturated carbocycles. The van der Waals surface area contributed by atoms with E-state index in [-0.39, 0.29) is 18.6 Å². The second kappa shape index (κ2) is 9.94. The Balaban J connectivity index is 2.20. The number of carboxylic acids is 1. The third-order valence-electron chi connectivity index (χ3n) is 4.92. The van der Waals surface area contributed by atoms with Gasteiger partial charge >= 0.3 is 12.0 Å². The maximum absolute atomic E-state index is 13.1. The minimum atomic E-state index is -1.09. The number of hydrogen-bond acceptors (Lipinski definition) is 3. The standard InChI is InChI=1S/C20H29N3O4/c1-3-4-5-6-10-16(19(25)26)18(24)23-13-15(22-20(27)21-2)12-14-9-7-8-11-17(14)23/h7-9,11,15-16H,3-6,10,12-13H2,1-2H3,(H,25,26)(H2,21,22,27). The van der Waals surface area contributed by atoms with Crippen molar-refractivity contribution < 1.29 is 19.5 Å². The molecule has 0 aliphatic carbocycles. The average molecular weight is 375 g/mol. The van der Waals surface area contributed by atoms with Gasteiger partial charge in [-0.3, -0.25) is 9.59 Å². The van der Waals surface area contributed by atoms with Crippen molar-refractivity contribution in [1.82, 2.24) is 10.6 Å². The average Bonchev–Trinajstić information content (AvgIpc) is 2.66.